The van der Waals surface area contributed by atoms with E-state index in [1.165, 1.54) is 0 Å². The normalized spacial score (nSPS) is 11.7. The average Bonchev–Trinajstić information content (AvgIpc) is 2.64. The Hall–Kier alpha value is -2.82. The quantitative estimate of drug-likeness (QED) is 0.778. The number of rotatable bonds is 8. The molecule has 1 unspecified atom stereocenters. The molecule has 1 atom stereocenters. The first kappa shape index (κ1) is 20.5. The summed E-state index contributed by atoms with van der Waals surface area (Å²) in [4.78, 5) is 26.9. The summed E-state index contributed by atoms with van der Waals surface area (Å²) in [6.07, 6.45) is 0. The monoisotopic (exact) mass is 368 g/mol. The molecular weight excluding hydrogens is 340 g/mol. The summed E-state index contributed by atoms with van der Waals surface area (Å²) < 4.78 is 5.60. The lowest BCUT2D eigenvalue weighted by molar-refractivity contribution is -0.142. The van der Waals surface area contributed by atoms with Crippen LogP contribution in [-0.4, -0.2) is 35.4 Å². The van der Waals surface area contributed by atoms with E-state index in [0.717, 1.165) is 11.1 Å². The maximum atomic E-state index is 12.9. The highest BCUT2D eigenvalue weighted by Crippen LogP contribution is 2.13. The molecule has 0 spiro atoms. The number of ether oxygens (including phenoxy) is 1. The molecule has 0 saturated heterocycles. The van der Waals surface area contributed by atoms with E-state index in [9.17, 15) is 9.59 Å². The highest BCUT2D eigenvalue weighted by atomic mass is 16.5. The summed E-state index contributed by atoms with van der Waals surface area (Å²) in [6.45, 7) is 7.78. The van der Waals surface area contributed by atoms with Gasteiger partial charge in [0.1, 0.15) is 11.8 Å². The third-order valence-corrected chi connectivity index (χ3v) is 4.14. The molecule has 0 aliphatic heterocycles. The lowest BCUT2D eigenvalue weighted by atomic mass is 10.1. The van der Waals surface area contributed by atoms with Gasteiger partial charge in [0.05, 0.1) is 0 Å². The van der Waals surface area contributed by atoms with Crippen molar-refractivity contribution in [1.29, 1.82) is 0 Å². The molecule has 2 aromatic carbocycles. The van der Waals surface area contributed by atoms with Crippen LogP contribution in [0.2, 0.25) is 0 Å². The maximum absolute atomic E-state index is 12.9. The van der Waals surface area contributed by atoms with E-state index in [2.05, 4.69) is 5.32 Å². The van der Waals surface area contributed by atoms with E-state index >= 15 is 0 Å². The van der Waals surface area contributed by atoms with Crippen molar-refractivity contribution in [3.63, 3.8) is 0 Å². The number of aryl methyl sites for hydroxylation is 1. The zero-order valence-electron chi connectivity index (χ0n) is 16.4. The van der Waals surface area contributed by atoms with Crippen LogP contribution in [0.25, 0.3) is 0 Å². The molecule has 0 saturated carbocycles. The van der Waals surface area contributed by atoms with Gasteiger partial charge in [0.15, 0.2) is 6.61 Å². The molecule has 2 rings (SSSR count). The van der Waals surface area contributed by atoms with Crippen LogP contribution < -0.4 is 10.1 Å². The van der Waals surface area contributed by atoms with Crippen LogP contribution in [0.3, 0.4) is 0 Å². The topological polar surface area (TPSA) is 58.6 Å². The van der Waals surface area contributed by atoms with E-state index in [-0.39, 0.29) is 24.5 Å². The van der Waals surface area contributed by atoms with Crippen molar-refractivity contribution < 1.29 is 14.3 Å². The molecular formula is C22H28N2O3. The minimum absolute atomic E-state index is 0.0106. The molecule has 5 heteroatoms. The van der Waals surface area contributed by atoms with Crippen LogP contribution in [0.4, 0.5) is 0 Å². The van der Waals surface area contributed by atoms with Crippen LogP contribution in [0.1, 0.15) is 31.9 Å². The molecule has 0 bridgehead atoms. The minimum atomic E-state index is -0.597. The second-order valence-electron chi connectivity index (χ2n) is 6.95. The Labute approximate surface area is 161 Å². The molecule has 2 amide bonds. The fourth-order valence-electron chi connectivity index (χ4n) is 2.74. The van der Waals surface area contributed by atoms with Crippen molar-refractivity contribution >= 4 is 11.8 Å². The van der Waals surface area contributed by atoms with Gasteiger partial charge in [-0.2, -0.15) is 0 Å². The van der Waals surface area contributed by atoms with Gasteiger partial charge >= 0.3 is 0 Å². The van der Waals surface area contributed by atoms with Crippen molar-refractivity contribution in [3.8, 4) is 5.75 Å². The highest BCUT2D eigenvalue weighted by molar-refractivity contribution is 5.88. The van der Waals surface area contributed by atoms with Gasteiger partial charge in [-0.25, -0.2) is 0 Å². The first-order valence-electron chi connectivity index (χ1n) is 9.20. The Kier molecular flexibility index (Phi) is 7.41. The summed E-state index contributed by atoms with van der Waals surface area (Å²) in [5.41, 5.74) is 2.09. The van der Waals surface area contributed by atoms with Gasteiger partial charge in [-0.1, -0.05) is 48.0 Å². The lowest BCUT2D eigenvalue weighted by Crippen LogP contribution is -2.50. The fraction of sp³-hybridized carbons (Fsp3) is 0.364. The standard InChI is InChI=1S/C22H28N2O3/c1-16(2)23-22(26)18(4)24(14-19-10-8-9-17(3)13-19)21(25)15-27-20-11-6-5-7-12-20/h5-13,16,18H,14-15H2,1-4H3,(H,23,26). The van der Waals surface area contributed by atoms with E-state index in [0.29, 0.717) is 12.3 Å². The molecule has 144 valence electrons. The van der Waals surface area contributed by atoms with Gasteiger partial charge in [0, 0.05) is 12.6 Å². The van der Waals surface area contributed by atoms with Gasteiger partial charge in [0.25, 0.3) is 5.91 Å². The largest absolute Gasteiger partial charge is 0.484 e. The molecule has 0 aliphatic rings. The second kappa shape index (κ2) is 9.76. The number of carbonyl (C=O) groups excluding carboxylic acids is 2. The summed E-state index contributed by atoms with van der Waals surface area (Å²) in [5, 5.41) is 2.88. The van der Waals surface area contributed by atoms with Crippen molar-refractivity contribution in [3.05, 3.63) is 65.7 Å². The van der Waals surface area contributed by atoms with Crippen LogP contribution in [0.15, 0.2) is 54.6 Å². The molecule has 5 nitrogen and oxygen atoms in total. The zero-order valence-corrected chi connectivity index (χ0v) is 16.4. The van der Waals surface area contributed by atoms with E-state index in [1.807, 2.05) is 63.2 Å². The summed E-state index contributed by atoms with van der Waals surface area (Å²) in [5.74, 6) is 0.220. The Bertz CT molecular complexity index is 759. The maximum Gasteiger partial charge on any atom is 0.261 e. The van der Waals surface area contributed by atoms with Crippen molar-refractivity contribution in [1.82, 2.24) is 10.2 Å². The Balaban J connectivity index is 2.14. The molecule has 0 aliphatic carbocycles. The third kappa shape index (κ3) is 6.44. The molecule has 0 radical (unpaired) electrons. The molecule has 0 fully saturated rings. The molecule has 27 heavy (non-hydrogen) atoms. The van der Waals surface area contributed by atoms with E-state index in [1.54, 1.807) is 24.0 Å². The van der Waals surface area contributed by atoms with Gasteiger partial charge in [-0.3, -0.25) is 9.59 Å². The second-order valence-corrected chi connectivity index (χ2v) is 6.95. The SMILES string of the molecule is Cc1cccc(CN(C(=O)COc2ccccc2)C(C)C(=O)NC(C)C)c1. The number of carbonyl (C=O) groups is 2. The fourth-order valence-corrected chi connectivity index (χ4v) is 2.74. The third-order valence-electron chi connectivity index (χ3n) is 4.14. The van der Waals surface area contributed by atoms with Crippen LogP contribution in [0.5, 0.6) is 5.75 Å². The number of hydrogen-bond acceptors (Lipinski definition) is 3. The van der Waals surface area contributed by atoms with Gasteiger partial charge < -0.3 is 15.0 Å². The minimum Gasteiger partial charge on any atom is -0.484 e. The summed E-state index contributed by atoms with van der Waals surface area (Å²) in [7, 11) is 0. The average molecular weight is 368 g/mol. The first-order valence-corrected chi connectivity index (χ1v) is 9.20. The Morgan fingerprint density at radius 1 is 1.04 bits per heavy atom. The van der Waals surface area contributed by atoms with E-state index < -0.39 is 6.04 Å². The number of para-hydroxylation sites is 1. The molecule has 0 aromatic heterocycles. The van der Waals surface area contributed by atoms with E-state index in [4.69, 9.17) is 4.74 Å². The summed E-state index contributed by atoms with van der Waals surface area (Å²) >= 11 is 0. The number of nitrogens with one attached hydrogen (secondary N) is 1. The molecule has 0 heterocycles. The van der Waals surface area contributed by atoms with Gasteiger partial charge in [0.2, 0.25) is 5.91 Å². The van der Waals surface area contributed by atoms with Gasteiger partial charge in [-0.15, -0.1) is 0 Å². The van der Waals surface area contributed by atoms with Gasteiger partial charge in [-0.05, 0) is 45.4 Å². The molecule has 1 N–H and O–H groups in total. The number of amides is 2. The number of hydrogen-bond donors (Lipinski definition) is 1. The zero-order chi connectivity index (χ0) is 19.8. The summed E-state index contributed by atoms with van der Waals surface area (Å²) in [6, 6.07) is 16.5. The first-order chi connectivity index (χ1) is 12.9. The lowest BCUT2D eigenvalue weighted by Gasteiger charge is -2.29. The van der Waals surface area contributed by atoms with Crippen LogP contribution >= 0.6 is 0 Å². The Morgan fingerprint density at radius 2 is 1.74 bits per heavy atom. The smallest absolute Gasteiger partial charge is 0.261 e. The van der Waals surface area contributed by atoms with Crippen LogP contribution in [0, 0.1) is 6.92 Å². The Morgan fingerprint density at radius 3 is 2.37 bits per heavy atom. The van der Waals surface area contributed by atoms with Crippen LogP contribution in [-0.2, 0) is 16.1 Å². The number of benzene rings is 2. The van der Waals surface area contributed by atoms with Crippen molar-refractivity contribution in [2.75, 3.05) is 6.61 Å². The predicted molar refractivity (Wildman–Crippen MR) is 106 cm³/mol. The predicted octanol–water partition coefficient (Wildman–Crippen LogP) is 3.32. The van der Waals surface area contributed by atoms with Crippen molar-refractivity contribution in [2.24, 2.45) is 0 Å². The highest BCUT2D eigenvalue weighted by Gasteiger charge is 2.26. The number of nitrogens with zero attached hydrogens (tertiary/aromatic N) is 1. The van der Waals surface area contributed by atoms with Crippen molar-refractivity contribution in [2.45, 2.75) is 46.3 Å². The molecule has 2 aromatic rings.